The van der Waals surface area contributed by atoms with E-state index in [1.54, 1.807) is 0 Å². The van der Waals surface area contributed by atoms with Crippen LogP contribution in [0.15, 0.2) is 33.7 Å². The first-order chi connectivity index (χ1) is 13.0. The van der Waals surface area contributed by atoms with Crippen LogP contribution in [0.3, 0.4) is 0 Å². The lowest BCUT2D eigenvalue weighted by Crippen LogP contribution is -2.49. The fourth-order valence-corrected chi connectivity index (χ4v) is 4.46. The fraction of sp³-hybridized carbons (Fsp3) is 0.650. The number of benzene rings is 1. The molecule has 1 aromatic carbocycles. The molecule has 0 spiro atoms. The Balaban J connectivity index is 0.00000280. The van der Waals surface area contributed by atoms with E-state index in [2.05, 4.69) is 51.7 Å². The van der Waals surface area contributed by atoms with Crippen molar-refractivity contribution in [2.45, 2.75) is 50.5 Å². The van der Waals surface area contributed by atoms with Gasteiger partial charge in [-0.25, -0.2) is 8.78 Å². The Labute approximate surface area is 192 Å². The molecule has 0 unspecified atom stereocenters. The molecule has 1 saturated heterocycles. The van der Waals surface area contributed by atoms with Crippen LogP contribution in [0.4, 0.5) is 8.78 Å². The summed E-state index contributed by atoms with van der Waals surface area (Å²) in [5.41, 5.74) is 1.48. The Kier molecular flexibility index (Phi) is 9.40. The predicted octanol–water partition coefficient (Wildman–Crippen LogP) is 4.38. The first-order valence-corrected chi connectivity index (χ1v) is 10.6. The van der Waals surface area contributed by atoms with Gasteiger partial charge in [-0.05, 0) is 44.2 Å². The Morgan fingerprint density at radius 3 is 2.54 bits per heavy atom. The molecule has 0 bridgehead atoms. The molecule has 8 heteroatoms. The molecule has 2 aliphatic rings. The summed E-state index contributed by atoms with van der Waals surface area (Å²) in [6, 6.07) is 8.69. The van der Waals surface area contributed by atoms with Crippen molar-refractivity contribution < 1.29 is 8.78 Å². The molecule has 4 nitrogen and oxygen atoms in total. The summed E-state index contributed by atoms with van der Waals surface area (Å²) in [4.78, 5) is 6.71. The summed E-state index contributed by atoms with van der Waals surface area (Å²) < 4.78 is 26.2. The zero-order chi connectivity index (χ0) is 19.3. The van der Waals surface area contributed by atoms with Gasteiger partial charge in [0.1, 0.15) is 0 Å². The molecule has 1 aliphatic heterocycles. The van der Waals surface area contributed by atoms with Crippen LogP contribution >= 0.6 is 39.9 Å². The minimum atomic E-state index is -2.25. The first-order valence-electron chi connectivity index (χ1n) is 9.83. The second-order valence-electron chi connectivity index (χ2n) is 7.57. The third kappa shape index (κ3) is 6.52. The number of hydrogen-bond acceptors (Lipinski definition) is 2. The van der Waals surface area contributed by atoms with Crippen LogP contribution < -0.4 is 10.6 Å². The molecule has 0 atom stereocenters. The highest BCUT2D eigenvalue weighted by Gasteiger charge is 2.45. The summed E-state index contributed by atoms with van der Waals surface area (Å²) in [7, 11) is 0. The summed E-state index contributed by atoms with van der Waals surface area (Å²) in [5, 5.41) is 6.84. The van der Waals surface area contributed by atoms with Crippen LogP contribution in [0.25, 0.3) is 0 Å². The highest BCUT2D eigenvalue weighted by Crippen LogP contribution is 2.50. The van der Waals surface area contributed by atoms with Crippen molar-refractivity contribution in [2.75, 3.05) is 32.7 Å². The average molecular weight is 571 g/mol. The number of nitrogens with one attached hydrogen (secondary N) is 2. The van der Waals surface area contributed by atoms with Crippen LogP contribution in [-0.4, -0.2) is 56.1 Å². The third-order valence-corrected chi connectivity index (χ3v) is 6.20. The second-order valence-corrected chi connectivity index (χ2v) is 8.42. The average Bonchev–Trinajstić information content (AvgIpc) is 3.42. The van der Waals surface area contributed by atoms with Crippen LogP contribution in [0.1, 0.15) is 38.2 Å². The Morgan fingerprint density at radius 1 is 1.29 bits per heavy atom. The molecule has 28 heavy (non-hydrogen) atoms. The highest BCUT2D eigenvalue weighted by molar-refractivity contribution is 14.0. The quantitative estimate of drug-likeness (QED) is 0.290. The number of aliphatic imine (C=N–C) groups is 1. The van der Waals surface area contributed by atoms with E-state index in [1.807, 2.05) is 11.0 Å². The molecule has 1 aromatic rings. The third-order valence-electron chi connectivity index (χ3n) is 5.51. The molecule has 3 rings (SSSR count). The minimum Gasteiger partial charge on any atom is -0.357 e. The summed E-state index contributed by atoms with van der Waals surface area (Å²) >= 11 is 3.67. The normalized spacial score (nSPS) is 20.0. The number of halogens is 4. The smallest absolute Gasteiger partial charge is 0.251 e. The van der Waals surface area contributed by atoms with Crippen molar-refractivity contribution in [3.63, 3.8) is 0 Å². The van der Waals surface area contributed by atoms with Gasteiger partial charge in [0.15, 0.2) is 5.96 Å². The van der Waals surface area contributed by atoms with Crippen LogP contribution in [-0.2, 0) is 5.41 Å². The van der Waals surface area contributed by atoms with E-state index >= 15 is 0 Å². The van der Waals surface area contributed by atoms with Crippen molar-refractivity contribution in [3.05, 3.63) is 34.3 Å². The predicted molar refractivity (Wildman–Crippen MR) is 125 cm³/mol. The molecule has 0 amide bonds. The molecule has 1 saturated carbocycles. The van der Waals surface area contributed by atoms with E-state index in [0.29, 0.717) is 13.1 Å². The zero-order valence-corrected chi connectivity index (χ0v) is 20.2. The van der Waals surface area contributed by atoms with Gasteiger partial charge < -0.3 is 10.6 Å². The number of alkyl halides is 2. The van der Waals surface area contributed by atoms with E-state index in [-0.39, 0.29) is 42.0 Å². The van der Waals surface area contributed by atoms with Crippen LogP contribution in [0.5, 0.6) is 0 Å². The number of guanidine groups is 1. The number of nitrogens with zero attached hydrogens (tertiary/aromatic N) is 2. The van der Waals surface area contributed by atoms with Gasteiger partial charge >= 0.3 is 0 Å². The van der Waals surface area contributed by atoms with Gasteiger partial charge in [0.25, 0.3) is 6.43 Å². The lowest BCUT2D eigenvalue weighted by Gasteiger charge is -2.32. The molecule has 2 N–H and O–H groups in total. The molecule has 2 fully saturated rings. The first kappa shape index (κ1) is 23.8. The lowest BCUT2D eigenvalue weighted by molar-refractivity contribution is 0.0744. The summed E-state index contributed by atoms with van der Waals surface area (Å²) in [5.74, 6) is 0.836. The van der Waals surface area contributed by atoms with Crippen molar-refractivity contribution in [1.29, 1.82) is 0 Å². The Bertz CT molecular complexity index is 647. The molecule has 0 radical (unpaired) electrons. The summed E-state index contributed by atoms with van der Waals surface area (Å²) in [6.45, 7) is 4.93. The van der Waals surface area contributed by atoms with E-state index < -0.39 is 6.43 Å². The van der Waals surface area contributed by atoms with Crippen LogP contribution in [0.2, 0.25) is 0 Å². The molecule has 1 aliphatic carbocycles. The van der Waals surface area contributed by atoms with E-state index in [0.717, 1.165) is 49.2 Å². The van der Waals surface area contributed by atoms with Crippen molar-refractivity contribution >= 4 is 45.9 Å². The number of hydrogen-bond donors (Lipinski definition) is 2. The molecular formula is C20H30BrF2IN4. The lowest BCUT2D eigenvalue weighted by atomic mass is 9.96. The van der Waals surface area contributed by atoms with Gasteiger partial charge in [0.05, 0.1) is 13.1 Å². The SMILES string of the molecule is CCNC(=NCC1(c2ccccc2Br)CC1)NC1CCN(CC(F)F)CC1.I. The van der Waals surface area contributed by atoms with Crippen molar-refractivity contribution in [2.24, 2.45) is 4.99 Å². The highest BCUT2D eigenvalue weighted by atomic mass is 127. The topological polar surface area (TPSA) is 39.7 Å². The van der Waals surface area contributed by atoms with Gasteiger partial charge in [-0.15, -0.1) is 24.0 Å². The van der Waals surface area contributed by atoms with Crippen molar-refractivity contribution in [3.8, 4) is 0 Å². The van der Waals surface area contributed by atoms with E-state index in [1.165, 1.54) is 5.56 Å². The monoisotopic (exact) mass is 570 g/mol. The largest absolute Gasteiger partial charge is 0.357 e. The Morgan fingerprint density at radius 2 is 1.96 bits per heavy atom. The van der Waals surface area contributed by atoms with Crippen LogP contribution in [0, 0.1) is 0 Å². The maximum Gasteiger partial charge on any atom is 0.251 e. The van der Waals surface area contributed by atoms with Gasteiger partial charge in [-0.1, -0.05) is 34.1 Å². The van der Waals surface area contributed by atoms with Gasteiger partial charge in [-0.2, -0.15) is 0 Å². The number of piperidine rings is 1. The number of likely N-dealkylation sites (tertiary alicyclic amines) is 1. The van der Waals surface area contributed by atoms with Crippen molar-refractivity contribution in [1.82, 2.24) is 15.5 Å². The Hall–Kier alpha value is -0.480. The molecule has 158 valence electrons. The van der Waals surface area contributed by atoms with Gasteiger partial charge in [0.2, 0.25) is 0 Å². The zero-order valence-electron chi connectivity index (χ0n) is 16.3. The molecule has 0 aromatic heterocycles. The fourth-order valence-electron chi connectivity index (χ4n) is 3.75. The maximum absolute atomic E-state index is 12.5. The van der Waals surface area contributed by atoms with E-state index in [9.17, 15) is 8.78 Å². The molecule has 1 heterocycles. The van der Waals surface area contributed by atoms with E-state index in [4.69, 9.17) is 4.99 Å². The maximum atomic E-state index is 12.5. The second kappa shape index (κ2) is 11.1. The number of rotatable bonds is 7. The molecular weight excluding hydrogens is 541 g/mol. The van der Waals surface area contributed by atoms with Gasteiger partial charge in [-0.3, -0.25) is 9.89 Å². The standard InChI is InChI=1S/C20H29BrF2N4.HI/c1-2-24-19(26-15-7-11-27(12-8-15)13-18(22)23)25-14-20(9-10-20)16-5-3-4-6-17(16)21;/h3-6,15,18H,2,7-14H2,1H3,(H2,24,25,26);1H. The minimum absolute atomic E-state index is 0. The summed E-state index contributed by atoms with van der Waals surface area (Å²) in [6.07, 6.45) is 1.80. The van der Waals surface area contributed by atoms with Gasteiger partial charge in [0, 0.05) is 35.6 Å².